The van der Waals surface area contributed by atoms with Crippen molar-refractivity contribution in [2.75, 3.05) is 6.54 Å². The summed E-state index contributed by atoms with van der Waals surface area (Å²) in [4.78, 5) is 3.92. The minimum absolute atomic E-state index is 0.279. The average molecular weight is 188 g/mol. The van der Waals surface area contributed by atoms with Gasteiger partial charge in [-0.15, -0.1) is 0 Å². The Hall–Kier alpha value is -0.680. The fourth-order valence-corrected chi connectivity index (χ4v) is 1.63. The van der Waals surface area contributed by atoms with Gasteiger partial charge < -0.3 is 5.32 Å². The first-order valence-electron chi connectivity index (χ1n) is 3.73. The molecule has 0 fully saturated rings. The van der Waals surface area contributed by atoms with Crippen molar-refractivity contribution in [3.8, 4) is 0 Å². The summed E-state index contributed by atoms with van der Waals surface area (Å²) in [5.41, 5.74) is 0.977. The predicted octanol–water partition coefficient (Wildman–Crippen LogP) is 0.283. The molecule has 0 bridgehead atoms. The van der Waals surface area contributed by atoms with Gasteiger partial charge in [-0.3, -0.25) is 4.99 Å². The molecule has 0 spiro atoms. The van der Waals surface area contributed by atoms with Crippen LogP contribution in [0.15, 0.2) is 16.1 Å². The van der Waals surface area contributed by atoms with E-state index in [2.05, 4.69) is 10.3 Å². The van der Waals surface area contributed by atoms with Crippen LogP contribution in [-0.2, 0) is 9.84 Å². The Morgan fingerprint density at radius 1 is 1.58 bits per heavy atom. The van der Waals surface area contributed by atoms with Crippen LogP contribution >= 0.6 is 0 Å². The van der Waals surface area contributed by atoms with Crippen molar-refractivity contribution < 1.29 is 8.42 Å². The molecule has 1 rings (SSSR count). The van der Waals surface area contributed by atoms with Gasteiger partial charge in [-0.25, -0.2) is 8.42 Å². The molecule has 0 aromatic carbocycles. The van der Waals surface area contributed by atoms with Crippen LogP contribution in [-0.4, -0.2) is 26.6 Å². The lowest BCUT2D eigenvalue weighted by Gasteiger charge is -2.06. The molecule has 5 heteroatoms. The summed E-state index contributed by atoms with van der Waals surface area (Å²) in [7, 11) is -3.18. The highest BCUT2D eigenvalue weighted by Crippen LogP contribution is 2.10. The SMILES string of the molecule is CC(C)NCC1=CN=CS1(=O)=O. The van der Waals surface area contributed by atoms with Gasteiger partial charge in [-0.2, -0.15) is 0 Å². The highest BCUT2D eigenvalue weighted by molar-refractivity contribution is 8.08. The Morgan fingerprint density at radius 2 is 2.25 bits per heavy atom. The quantitative estimate of drug-likeness (QED) is 0.692. The summed E-state index contributed by atoms with van der Waals surface area (Å²) in [6.07, 6.45) is 1.38. The molecule has 0 atom stereocenters. The third-order valence-electron chi connectivity index (χ3n) is 1.47. The van der Waals surface area contributed by atoms with E-state index in [0.717, 1.165) is 5.55 Å². The van der Waals surface area contributed by atoms with Crippen LogP contribution in [0, 0.1) is 0 Å². The summed E-state index contributed by atoms with van der Waals surface area (Å²) < 4.78 is 22.2. The van der Waals surface area contributed by atoms with Gasteiger partial charge in [0.1, 0.15) is 5.55 Å². The Bertz CT molecular complexity index is 314. The molecule has 4 nitrogen and oxygen atoms in total. The van der Waals surface area contributed by atoms with Crippen LogP contribution in [0.2, 0.25) is 0 Å². The maximum absolute atomic E-state index is 11.1. The van der Waals surface area contributed by atoms with E-state index in [4.69, 9.17) is 0 Å². The Kier molecular flexibility index (Phi) is 2.64. The van der Waals surface area contributed by atoms with Gasteiger partial charge in [-0.1, -0.05) is 13.8 Å². The van der Waals surface area contributed by atoms with Gasteiger partial charge in [0, 0.05) is 18.8 Å². The Labute approximate surface area is 72.3 Å². The van der Waals surface area contributed by atoms with Crippen molar-refractivity contribution in [3.63, 3.8) is 0 Å². The molecule has 0 aromatic rings. The zero-order valence-corrected chi connectivity index (χ0v) is 7.93. The van der Waals surface area contributed by atoms with Crippen LogP contribution in [0.1, 0.15) is 13.8 Å². The van der Waals surface area contributed by atoms with Gasteiger partial charge in [0.25, 0.3) is 0 Å². The minimum Gasteiger partial charge on any atom is -0.310 e. The molecular weight excluding hydrogens is 176 g/mol. The molecule has 0 unspecified atom stereocenters. The van der Waals surface area contributed by atoms with E-state index >= 15 is 0 Å². The molecule has 0 saturated heterocycles. The maximum atomic E-state index is 11.1. The Morgan fingerprint density at radius 3 is 2.67 bits per heavy atom. The molecule has 1 aliphatic heterocycles. The van der Waals surface area contributed by atoms with E-state index in [1.165, 1.54) is 6.20 Å². The van der Waals surface area contributed by atoms with Crippen LogP contribution in [0.5, 0.6) is 0 Å². The standard InChI is InChI=1S/C7H12N2O2S/c1-6(2)9-4-7-3-8-5-12(7,10)11/h3,5-6,9H,4H2,1-2H3. The lowest BCUT2D eigenvalue weighted by molar-refractivity contribution is 0.601. The van der Waals surface area contributed by atoms with Crippen molar-refractivity contribution >= 4 is 15.4 Å². The summed E-state index contributed by atoms with van der Waals surface area (Å²) in [6, 6.07) is 0.279. The fraction of sp³-hybridized carbons (Fsp3) is 0.571. The number of aliphatic imine (C=N–C) groups is 1. The summed E-state index contributed by atoms with van der Waals surface area (Å²) >= 11 is 0. The van der Waals surface area contributed by atoms with Crippen molar-refractivity contribution in [1.29, 1.82) is 0 Å². The summed E-state index contributed by atoms with van der Waals surface area (Å²) in [6.45, 7) is 4.28. The van der Waals surface area contributed by atoms with Crippen LogP contribution in [0.25, 0.3) is 0 Å². The molecule has 12 heavy (non-hydrogen) atoms. The third kappa shape index (κ3) is 2.15. The summed E-state index contributed by atoms with van der Waals surface area (Å²) in [5, 5.41) is 3.02. The molecular formula is C7H12N2O2S. The van der Waals surface area contributed by atoms with Crippen LogP contribution in [0.3, 0.4) is 0 Å². The first-order chi connectivity index (χ1) is 5.52. The van der Waals surface area contributed by atoms with E-state index in [-0.39, 0.29) is 6.04 Å². The molecule has 68 valence electrons. The lowest BCUT2D eigenvalue weighted by atomic mass is 10.4. The molecule has 0 radical (unpaired) electrons. The van der Waals surface area contributed by atoms with E-state index < -0.39 is 9.84 Å². The largest absolute Gasteiger partial charge is 0.310 e. The third-order valence-corrected chi connectivity index (χ3v) is 2.85. The lowest BCUT2D eigenvalue weighted by Crippen LogP contribution is -2.26. The van der Waals surface area contributed by atoms with Crippen LogP contribution in [0.4, 0.5) is 0 Å². The molecule has 0 amide bonds. The second-order valence-electron chi connectivity index (χ2n) is 2.93. The van der Waals surface area contributed by atoms with E-state index in [9.17, 15) is 8.42 Å². The monoisotopic (exact) mass is 188 g/mol. The van der Waals surface area contributed by atoms with Crippen LogP contribution < -0.4 is 5.32 Å². The second kappa shape index (κ2) is 3.37. The number of nitrogens with zero attached hydrogens (tertiary/aromatic N) is 1. The maximum Gasteiger partial charge on any atom is 0.215 e. The zero-order valence-electron chi connectivity index (χ0n) is 7.11. The number of sulfone groups is 1. The molecule has 1 N–H and O–H groups in total. The highest BCUT2D eigenvalue weighted by Gasteiger charge is 2.18. The molecule has 1 aliphatic rings. The van der Waals surface area contributed by atoms with Gasteiger partial charge in [0.2, 0.25) is 9.84 Å². The predicted molar refractivity (Wildman–Crippen MR) is 48.6 cm³/mol. The number of nitrogens with one attached hydrogen (secondary N) is 1. The smallest absolute Gasteiger partial charge is 0.215 e. The first-order valence-corrected chi connectivity index (χ1v) is 5.28. The molecule has 0 aromatic heterocycles. The second-order valence-corrected chi connectivity index (χ2v) is 4.76. The van der Waals surface area contributed by atoms with Crippen molar-refractivity contribution in [3.05, 3.63) is 11.1 Å². The van der Waals surface area contributed by atoms with E-state index in [1.807, 2.05) is 13.8 Å². The van der Waals surface area contributed by atoms with Gasteiger partial charge >= 0.3 is 0 Å². The normalized spacial score (nSPS) is 20.1. The zero-order chi connectivity index (χ0) is 9.19. The van der Waals surface area contributed by atoms with Crippen molar-refractivity contribution in [2.45, 2.75) is 19.9 Å². The molecule has 1 heterocycles. The van der Waals surface area contributed by atoms with E-state index in [1.54, 1.807) is 0 Å². The van der Waals surface area contributed by atoms with Gasteiger partial charge in [-0.05, 0) is 0 Å². The highest BCUT2D eigenvalue weighted by atomic mass is 32.2. The molecule has 0 aliphatic carbocycles. The van der Waals surface area contributed by atoms with Crippen molar-refractivity contribution in [1.82, 2.24) is 5.32 Å². The van der Waals surface area contributed by atoms with E-state index in [0.29, 0.717) is 11.4 Å². The number of hydrogen-bond donors (Lipinski definition) is 1. The fourth-order valence-electron chi connectivity index (χ4n) is 0.786. The average Bonchev–Trinajstić information content (AvgIpc) is 2.25. The summed E-state index contributed by atoms with van der Waals surface area (Å²) in [5.74, 6) is 0. The van der Waals surface area contributed by atoms with Gasteiger partial charge in [0.05, 0.1) is 4.91 Å². The molecule has 0 saturated carbocycles. The van der Waals surface area contributed by atoms with Gasteiger partial charge in [0.15, 0.2) is 0 Å². The minimum atomic E-state index is -3.18. The first kappa shape index (κ1) is 9.41. The Balaban J connectivity index is 2.57. The number of rotatable bonds is 3. The topological polar surface area (TPSA) is 58.5 Å². The van der Waals surface area contributed by atoms with Crippen molar-refractivity contribution in [2.24, 2.45) is 4.99 Å². The number of hydrogen-bond acceptors (Lipinski definition) is 4.